The van der Waals surface area contributed by atoms with Crippen LogP contribution in [0.3, 0.4) is 0 Å². The van der Waals surface area contributed by atoms with Gasteiger partial charge in [0.25, 0.3) is 0 Å². The molecule has 0 fully saturated rings. The molecule has 1 aromatic heterocycles. The molecule has 14 heavy (non-hydrogen) atoms. The molecule has 3 heteroatoms. The molecule has 1 aromatic carbocycles. The van der Waals surface area contributed by atoms with Crippen molar-refractivity contribution >= 4 is 25.9 Å². The van der Waals surface area contributed by atoms with Gasteiger partial charge in [0, 0.05) is 6.07 Å². The van der Waals surface area contributed by atoms with E-state index in [0.29, 0.717) is 20.5 Å². The maximum atomic E-state index is 11.6. The topological polar surface area (TPSA) is 30.2 Å². The molecular weight excluding hydrogens is 192 g/mol. The van der Waals surface area contributed by atoms with Gasteiger partial charge in [-0.2, -0.15) is 0 Å². The van der Waals surface area contributed by atoms with Gasteiger partial charge < -0.3 is 4.42 Å². The van der Waals surface area contributed by atoms with Crippen molar-refractivity contribution in [1.29, 1.82) is 0 Å². The average Bonchev–Trinajstić information content (AvgIpc) is 2.18. The predicted octanol–water partition coefficient (Wildman–Crippen LogP) is 1.56. The zero-order valence-electron chi connectivity index (χ0n) is 7.91. The Kier molecular flexibility index (Phi) is 2.50. The maximum absolute atomic E-state index is 11.6. The largest absolute Gasteiger partial charge is 0.467 e. The summed E-state index contributed by atoms with van der Waals surface area (Å²) in [7, 11) is 0.580. The van der Waals surface area contributed by atoms with E-state index >= 15 is 0 Å². The first-order valence-corrected chi connectivity index (χ1v) is 5.78. The minimum atomic E-state index is 0.0581. The van der Waals surface area contributed by atoms with Gasteiger partial charge in [-0.05, 0) is 12.1 Å². The molecule has 1 heterocycles. The molecule has 0 aliphatic carbocycles. The van der Waals surface area contributed by atoms with Gasteiger partial charge in [0.1, 0.15) is 15.1 Å². The number of rotatable bonds is 2. The van der Waals surface area contributed by atoms with Crippen LogP contribution in [-0.2, 0) is 0 Å². The minimum Gasteiger partial charge on any atom is -0.467 e. The highest BCUT2D eigenvalue weighted by Crippen LogP contribution is 2.06. The third-order valence-corrected chi connectivity index (χ3v) is 2.93. The molecule has 2 rings (SSSR count). The molecule has 0 unspecified atom stereocenters. The molecule has 0 amide bonds. The highest BCUT2D eigenvalue weighted by Gasteiger charge is 2.02. The van der Waals surface area contributed by atoms with Crippen LogP contribution in [0.15, 0.2) is 39.5 Å². The number of hydrogen-bond donors (Lipinski definition) is 0. The molecule has 0 N–H and O–H groups in total. The van der Waals surface area contributed by atoms with Gasteiger partial charge in [-0.1, -0.05) is 25.1 Å². The lowest BCUT2D eigenvalue weighted by atomic mass is 10.2. The number of para-hydroxylation sites is 1. The summed E-state index contributed by atoms with van der Waals surface area (Å²) in [6, 6.07) is 9.97. The van der Waals surface area contributed by atoms with Crippen molar-refractivity contribution in [3.63, 3.8) is 0 Å². The van der Waals surface area contributed by atoms with E-state index in [0.717, 1.165) is 11.4 Å². The van der Waals surface area contributed by atoms with E-state index in [1.165, 1.54) is 0 Å². The van der Waals surface area contributed by atoms with Crippen LogP contribution >= 0.6 is 0 Å². The van der Waals surface area contributed by atoms with Gasteiger partial charge in [0.05, 0.1) is 10.8 Å². The summed E-state index contributed by atoms with van der Waals surface area (Å²) in [4.78, 5) is 11.6. The molecule has 0 saturated heterocycles. The molecular formula is C11H10O2Si. The second kappa shape index (κ2) is 3.80. The summed E-state index contributed by atoms with van der Waals surface area (Å²) in [6.07, 6.45) is 0. The second-order valence-corrected chi connectivity index (χ2v) is 4.55. The quantitative estimate of drug-likeness (QED) is 0.692. The fourth-order valence-corrected chi connectivity index (χ4v) is 2.13. The van der Waals surface area contributed by atoms with Gasteiger partial charge in [-0.25, -0.2) is 0 Å². The fourth-order valence-electron chi connectivity index (χ4n) is 1.37. The van der Waals surface area contributed by atoms with Gasteiger partial charge >= 0.3 is 0 Å². The summed E-state index contributed by atoms with van der Waals surface area (Å²) < 4.78 is 5.60. The van der Waals surface area contributed by atoms with Crippen LogP contribution in [0.4, 0.5) is 0 Å². The van der Waals surface area contributed by atoms with Crippen LogP contribution in [0, 0.1) is 0 Å². The van der Waals surface area contributed by atoms with Crippen molar-refractivity contribution in [1.82, 2.24) is 0 Å². The molecule has 0 spiro atoms. The highest BCUT2D eigenvalue weighted by molar-refractivity contribution is 6.51. The summed E-state index contributed by atoms with van der Waals surface area (Å²) in [5, 5.41) is 1.47. The molecule has 0 atom stereocenters. The SMILES string of the molecule is CC[Si]c1cc(=O)c2ccccc2o1. The Bertz CT molecular complexity index is 502. The molecule has 2 aromatic rings. The van der Waals surface area contributed by atoms with Crippen LogP contribution in [0.25, 0.3) is 11.0 Å². The molecule has 70 valence electrons. The normalized spacial score (nSPS) is 10.6. The first-order valence-electron chi connectivity index (χ1n) is 4.58. The first kappa shape index (κ1) is 9.21. The molecule has 0 aliphatic rings. The average molecular weight is 202 g/mol. The van der Waals surface area contributed by atoms with Gasteiger partial charge in [-0.3, -0.25) is 4.79 Å². The van der Waals surface area contributed by atoms with Crippen molar-refractivity contribution in [2.24, 2.45) is 0 Å². The molecule has 0 aliphatic heterocycles. The standard InChI is InChI=1S/C11H10O2Si/c1-2-14-11-7-9(12)8-5-3-4-6-10(8)13-11/h3-7H,2H2,1H3. The molecule has 2 radical (unpaired) electrons. The van der Waals surface area contributed by atoms with E-state index in [4.69, 9.17) is 4.42 Å². The van der Waals surface area contributed by atoms with Crippen molar-refractivity contribution < 1.29 is 4.42 Å². The fraction of sp³-hybridized carbons (Fsp3) is 0.182. The highest BCUT2D eigenvalue weighted by atomic mass is 28.2. The van der Waals surface area contributed by atoms with Crippen molar-refractivity contribution in [2.75, 3.05) is 0 Å². The summed E-state index contributed by atoms with van der Waals surface area (Å²) in [5.74, 6) is 0. The third kappa shape index (κ3) is 1.63. The molecule has 2 nitrogen and oxygen atoms in total. The van der Waals surface area contributed by atoms with Crippen molar-refractivity contribution in [3.05, 3.63) is 40.6 Å². The lowest BCUT2D eigenvalue weighted by Crippen LogP contribution is -2.18. The van der Waals surface area contributed by atoms with E-state index < -0.39 is 0 Å². The first-order chi connectivity index (χ1) is 6.81. The summed E-state index contributed by atoms with van der Waals surface area (Å²) >= 11 is 0. The number of benzene rings is 1. The van der Waals surface area contributed by atoms with E-state index in [1.807, 2.05) is 18.2 Å². The van der Waals surface area contributed by atoms with Crippen LogP contribution in [0.1, 0.15) is 6.92 Å². The lowest BCUT2D eigenvalue weighted by molar-refractivity contribution is 0.639. The lowest BCUT2D eigenvalue weighted by Gasteiger charge is -1.99. The van der Waals surface area contributed by atoms with Crippen LogP contribution in [0.5, 0.6) is 0 Å². The Balaban J connectivity index is 2.66. The van der Waals surface area contributed by atoms with E-state index in [9.17, 15) is 4.79 Å². The number of fused-ring (bicyclic) bond motifs is 1. The Morgan fingerprint density at radius 2 is 2.14 bits per heavy atom. The van der Waals surface area contributed by atoms with Crippen molar-refractivity contribution in [3.8, 4) is 0 Å². The second-order valence-electron chi connectivity index (χ2n) is 3.00. The Morgan fingerprint density at radius 1 is 1.36 bits per heavy atom. The van der Waals surface area contributed by atoms with E-state index in [2.05, 4.69) is 6.92 Å². The van der Waals surface area contributed by atoms with Crippen LogP contribution in [-0.4, -0.2) is 9.52 Å². The van der Waals surface area contributed by atoms with E-state index in [-0.39, 0.29) is 5.43 Å². The monoisotopic (exact) mass is 202 g/mol. The zero-order chi connectivity index (χ0) is 9.97. The molecule has 0 saturated carbocycles. The summed E-state index contributed by atoms with van der Waals surface area (Å²) in [5.41, 5.74) is 0.749. The minimum absolute atomic E-state index is 0.0581. The third-order valence-electron chi connectivity index (χ3n) is 1.99. The van der Waals surface area contributed by atoms with Crippen LogP contribution in [0.2, 0.25) is 6.04 Å². The smallest absolute Gasteiger partial charge is 0.192 e. The van der Waals surface area contributed by atoms with Gasteiger partial charge in [-0.15, -0.1) is 0 Å². The maximum Gasteiger partial charge on any atom is 0.192 e. The summed E-state index contributed by atoms with van der Waals surface area (Å²) in [6.45, 7) is 2.08. The predicted molar refractivity (Wildman–Crippen MR) is 58.4 cm³/mol. The van der Waals surface area contributed by atoms with Crippen LogP contribution < -0.4 is 10.8 Å². The Morgan fingerprint density at radius 3 is 2.93 bits per heavy atom. The van der Waals surface area contributed by atoms with Gasteiger partial charge in [0.15, 0.2) is 5.43 Å². The number of hydrogen-bond acceptors (Lipinski definition) is 2. The Labute approximate surface area is 84.4 Å². The Hall–Kier alpha value is -1.35. The molecule has 0 bridgehead atoms. The van der Waals surface area contributed by atoms with E-state index in [1.54, 1.807) is 12.1 Å². The zero-order valence-corrected chi connectivity index (χ0v) is 8.91. The van der Waals surface area contributed by atoms with Gasteiger partial charge in [0.2, 0.25) is 0 Å². The van der Waals surface area contributed by atoms with Crippen molar-refractivity contribution in [2.45, 2.75) is 13.0 Å².